The van der Waals surface area contributed by atoms with Gasteiger partial charge in [-0.25, -0.2) is 9.59 Å². The molecule has 0 aromatic heterocycles. The molecule has 2 aromatic rings. The third-order valence-electron chi connectivity index (χ3n) is 4.76. The molecule has 1 saturated heterocycles. The van der Waals surface area contributed by atoms with Crippen LogP contribution < -0.4 is 4.74 Å². The van der Waals surface area contributed by atoms with Gasteiger partial charge in [-0.05, 0) is 55.7 Å². The molecule has 6 nitrogen and oxygen atoms in total. The summed E-state index contributed by atoms with van der Waals surface area (Å²) in [6.07, 6.45) is -0.209. The van der Waals surface area contributed by atoms with Gasteiger partial charge in [-0.15, -0.1) is 0 Å². The zero-order valence-electron chi connectivity index (χ0n) is 16.1. The van der Waals surface area contributed by atoms with Crippen molar-refractivity contribution in [2.45, 2.75) is 44.8 Å². The highest BCUT2D eigenvalue weighted by molar-refractivity contribution is 5.85. The molecule has 1 heterocycles. The Morgan fingerprint density at radius 1 is 1.11 bits per heavy atom. The molecule has 0 saturated carbocycles. The van der Waals surface area contributed by atoms with Crippen LogP contribution in [0.2, 0.25) is 0 Å². The van der Waals surface area contributed by atoms with Crippen LogP contribution in [0.5, 0.6) is 5.75 Å². The SMILES string of the molecule is COc1ccc2cc([C@@H]3C[C@H](C(=O)O)N(C(=O)OC(C)(C)C)C3)ccc2c1. The van der Waals surface area contributed by atoms with E-state index in [1.807, 2.05) is 30.3 Å². The maximum atomic E-state index is 12.5. The minimum Gasteiger partial charge on any atom is -0.497 e. The molecule has 1 aliphatic heterocycles. The number of likely N-dealkylation sites (tertiary alicyclic amines) is 1. The van der Waals surface area contributed by atoms with Gasteiger partial charge in [0.25, 0.3) is 0 Å². The number of benzene rings is 2. The van der Waals surface area contributed by atoms with Gasteiger partial charge in [-0.2, -0.15) is 0 Å². The number of rotatable bonds is 3. The Morgan fingerprint density at radius 2 is 1.78 bits per heavy atom. The quantitative estimate of drug-likeness (QED) is 0.882. The van der Waals surface area contributed by atoms with E-state index in [1.165, 1.54) is 4.90 Å². The van der Waals surface area contributed by atoms with Gasteiger partial charge in [0.05, 0.1) is 7.11 Å². The van der Waals surface area contributed by atoms with E-state index in [1.54, 1.807) is 27.9 Å². The Morgan fingerprint density at radius 3 is 2.41 bits per heavy atom. The van der Waals surface area contributed by atoms with Crippen LogP contribution in [-0.2, 0) is 9.53 Å². The largest absolute Gasteiger partial charge is 0.497 e. The van der Waals surface area contributed by atoms with Crippen molar-refractivity contribution in [2.24, 2.45) is 0 Å². The summed E-state index contributed by atoms with van der Waals surface area (Å²) in [6, 6.07) is 11.0. The Bertz CT molecular complexity index is 870. The Kier molecular flexibility index (Phi) is 5.00. The average Bonchev–Trinajstić information content (AvgIpc) is 3.05. The van der Waals surface area contributed by atoms with Crippen molar-refractivity contribution < 1.29 is 24.2 Å². The number of methoxy groups -OCH3 is 1. The summed E-state index contributed by atoms with van der Waals surface area (Å²) in [5.41, 5.74) is 0.352. The molecule has 2 aromatic carbocycles. The normalized spacial score (nSPS) is 19.9. The van der Waals surface area contributed by atoms with E-state index in [4.69, 9.17) is 9.47 Å². The van der Waals surface area contributed by atoms with Gasteiger partial charge in [-0.1, -0.05) is 24.3 Å². The fourth-order valence-electron chi connectivity index (χ4n) is 3.46. The molecular weight excluding hydrogens is 346 g/mol. The number of nitrogens with zero attached hydrogens (tertiary/aromatic N) is 1. The predicted molar refractivity (Wildman–Crippen MR) is 102 cm³/mol. The summed E-state index contributed by atoms with van der Waals surface area (Å²) in [5, 5.41) is 11.7. The highest BCUT2D eigenvalue weighted by Gasteiger charge is 2.42. The number of carbonyl (C=O) groups excluding carboxylic acids is 1. The highest BCUT2D eigenvalue weighted by Crippen LogP contribution is 2.35. The van der Waals surface area contributed by atoms with Gasteiger partial charge >= 0.3 is 12.1 Å². The van der Waals surface area contributed by atoms with E-state index in [9.17, 15) is 14.7 Å². The van der Waals surface area contributed by atoms with Gasteiger partial charge in [0.15, 0.2) is 0 Å². The summed E-state index contributed by atoms with van der Waals surface area (Å²) < 4.78 is 10.6. The van der Waals surface area contributed by atoms with Crippen molar-refractivity contribution in [3.8, 4) is 5.75 Å². The van der Waals surface area contributed by atoms with E-state index >= 15 is 0 Å². The van der Waals surface area contributed by atoms with Crippen molar-refractivity contribution in [1.29, 1.82) is 0 Å². The van der Waals surface area contributed by atoms with Crippen molar-refractivity contribution >= 4 is 22.8 Å². The zero-order chi connectivity index (χ0) is 19.8. The van der Waals surface area contributed by atoms with E-state index in [-0.39, 0.29) is 5.92 Å². The Labute approximate surface area is 158 Å². The molecule has 27 heavy (non-hydrogen) atoms. The van der Waals surface area contributed by atoms with Gasteiger partial charge in [-0.3, -0.25) is 4.90 Å². The van der Waals surface area contributed by atoms with Crippen molar-refractivity contribution in [3.63, 3.8) is 0 Å². The minimum absolute atomic E-state index is 0.0508. The van der Waals surface area contributed by atoms with E-state index in [0.717, 1.165) is 22.1 Å². The number of aliphatic carboxylic acids is 1. The number of carboxylic acid groups (broad SMARTS) is 1. The molecule has 0 spiro atoms. The number of ether oxygens (including phenoxy) is 2. The fraction of sp³-hybridized carbons (Fsp3) is 0.429. The van der Waals surface area contributed by atoms with Gasteiger partial charge < -0.3 is 14.6 Å². The standard InChI is InChI=1S/C21H25NO5/c1-21(2,3)27-20(25)22-12-16(11-18(22)19(23)24)14-5-6-15-10-17(26-4)8-7-13(15)9-14/h5-10,16,18H,11-12H2,1-4H3,(H,23,24)/t16-,18-/m1/s1. The van der Waals surface area contributed by atoms with Crippen LogP contribution in [0.4, 0.5) is 4.79 Å². The number of carbonyl (C=O) groups is 2. The lowest BCUT2D eigenvalue weighted by Gasteiger charge is -2.26. The highest BCUT2D eigenvalue weighted by atomic mass is 16.6. The molecule has 0 bridgehead atoms. The topological polar surface area (TPSA) is 76.1 Å². The van der Waals surface area contributed by atoms with Crippen LogP contribution in [0.1, 0.15) is 38.7 Å². The lowest BCUT2D eigenvalue weighted by Crippen LogP contribution is -2.43. The smallest absolute Gasteiger partial charge is 0.411 e. The van der Waals surface area contributed by atoms with Crippen LogP contribution in [0.15, 0.2) is 36.4 Å². The molecule has 2 atom stereocenters. The summed E-state index contributed by atoms with van der Waals surface area (Å²) in [5.74, 6) is -0.267. The van der Waals surface area contributed by atoms with Gasteiger partial charge in [0, 0.05) is 12.5 Å². The molecule has 1 fully saturated rings. The summed E-state index contributed by atoms with van der Waals surface area (Å²) in [6.45, 7) is 5.64. The minimum atomic E-state index is -1.01. The molecular formula is C21H25NO5. The molecule has 1 amide bonds. The molecule has 1 N–H and O–H groups in total. The second-order valence-corrected chi connectivity index (χ2v) is 7.89. The van der Waals surface area contributed by atoms with Crippen molar-refractivity contribution in [3.05, 3.63) is 42.0 Å². The number of hydrogen-bond acceptors (Lipinski definition) is 4. The number of carboxylic acids is 1. The number of fused-ring (bicyclic) bond motifs is 1. The number of hydrogen-bond donors (Lipinski definition) is 1. The molecule has 0 unspecified atom stereocenters. The van der Waals surface area contributed by atoms with E-state index in [0.29, 0.717) is 13.0 Å². The molecule has 3 rings (SSSR count). The maximum Gasteiger partial charge on any atom is 0.411 e. The Balaban J connectivity index is 1.85. The summed E-state index contributed by atoms with van der Waals surface area (Å²) in [7, 11) is 1.63. The first kappa shape index (κ1) is 19.0. The van der Waals surface area contributed by atoms with Crippen molar-refractivity contribution in [1.82, 2.24) is 4.90 Å². The summed E-state index contributed by atoms with van der Waals surface area (Å²) >= 11 is 0. The second kappa shape index (κ2) is 7.10. The fourth-order valence-corrected chi connectivity index (χ4v) is 3.46. The van der Waals surface area contributed by atoms with E-state index < -0.39 is 23.7 Å². The van der Waals surface area contributed by atoms with Crippen LogP contribution in [-0.4, -0.2) is 47.4 Å². The number of amides is 1. The Hall–Kier alpha value is -2.76. The third-order valence-corrected chi connectivity index (χ3v) is 4.76. The molecule has 1 aliphatic rings. The maximum absolute atomic E-state index is 12.5. The molecule has 6 heteroatoms. The molecule has 0 aliphatic carbocycles. The first-order valence-electron chi connectivity index (χ1n) is 8.98. The second-order valence-electron chi connectivity index (χ2n) is 7.89. The van der Waals surface area contributed by atoms with Crippen molar-refractivity contribution in [2.75, 3.05) is 13.7 Å². The first-order valence-corrected chi connectivity index (χ1v) is 8.98. The lowest BCUT2D eigenvalue weighted by atomic mass is 9.94. The zero-order valence-corrected chi connectivity index (χ0v) is 16.1. The van der Waals surface area contributed by atoms with Crippen LogP contribution >= 0.6 is 0 Å². The van der Waals surface area contributed by atoms with Crippen LogP contribution in [0.25, 0.3) is 10.8 Å². The lowest BCUT2D eigenvalue weighted by molar-refractivity contribution is -0.142. The van der Waals surface area contributed by atoms with E-state index in [2.05, 4.69) is 6.07 Å². The van der Waals surface area contributed by atoms with Gasteiger partial charge in [0.2, 0.25) is 0 Å². The van der Waals surface area contributed by atoms with Crippen LogP contribution in [0.3, 0.4) is 0 Å². The van der Waals surface area contributed by atoms with Gasteiger partial charge in [0.1, 0.15) is 17.4 Å². The first-order chi connectivity index (χ1) is 12.7. The summed E-state index contributed by atoms with van der Waals surface area (Å²) in [4.78, 5) is 25.5. The predicted octanol–water partition coefficient (Wildman–Crippen LogP) is 4.03. The third kappa shape index (κ3) is 4.15. The average molecular weight is 371 g/mol. The monoisotopic (exact) mass is 371 g/mol. The molecule has 144 valence electrons. The van der Waals surface area contributed by atoms with Crippen LogP contribution in [0, 0.1) is 0 Å². The molecule has 0 radical (unpaired) electrons.